The Morgan fingerprint density at radius 3 is 2.18 bits per heavy atom. The molecule has 28 heavy (non-hydrogen) atoms. The Labute approximate surface area is 166 Å². The molecule has 0 unspecified atom stereocenters. The van der Waals surface area contributed by atoms with Crippen LogP contribution in [0.5, 0.6) is 0 Å². The summed E-state index contributed by atoms with van der Waals surface area (Å²) in [4.78, 5) is 47.6. The maximum atomic E-state index is 12.2. The molecule has 0 bridgehead atoms. The highest BCUT2D eigenvalue weighted by atomic mass is 16.6. The number of ketones is 1. The predicted molar refractivity (Wildman–Crippen MR) is 102 cm³/mol. The maximum absolute atomic E-state index is 12.2. The van der Waals surface area contributed by atoms with Gasteiger partial charge in [-0.1, -0.05) is 12.2 Å². The Morgan fingerprint density at radius 1 is 1.00 bits per heavy atom. The number of ether oxygens (including phenoxy) is 3. The van der Waals surface area contributed by atoms with Crippen LogP contribution in [0.3, 0.4) is 0 Å². The Hall–Kier alpha value is -2.18. The van der Waals surface area contributed by atoms with Crippen LogP contribution in [0.25, 0.3) is 0 Å². The van der Waals surface area contributed by atoms with Gasteiger partial charge in [-0.3, -0.25) is 19.2 Å². The summed E-state index contributed by atoms with van der Waals surface area (Å²) in [6.07, 6.45) is 6.53. The first-order valence-electron chi connectivity index (χ1n) is 10.1. The molecular formula is C21H32O7. The van der Waals surface area contributed by atoms with Gasteiger partial charge in [0.2, 0.25) is 0 Å². The number of Topliss-reactive ketones (excluding diaryl/α,β-unsaturated/α-hetero) is 1. The Bertz CT molecular complexity index is 549. The van der Waals surface area contributed by atoms with E-state index in [4.69, 9.17) is 14.2 Å². The lowest BCUT2D eigenvalue weighted by Crippen LogP contribution is -2.27. The maximum Gasteiger partial charge on any atom is 0.320 e. The lowest BCUT2D eigenvalue weighted by atomic mass is 9.88. The second kappa shape index (κ2) is 13.1. The molecular weight excluding hydrogens is 364 g/mol. The average Bonchev–Trinajstić information content (AvgIpc) is 3.00. The van der Waals surface area contributed by atoms with Gasteiger partial charge in [-0.15, -0.1) is 0 Å². The third-order valence-electron chi connectivity index (χ3n) is 4.84. The van der Waals surface area contributed by atoms with Crippen LogP contribution in [0.15, 0.2) is 12.2 Å². The summed E-state index contributed by atoms with van der Waals surface area (Å²) in [6.45, 7) is 5.87. The van der Waals surface area contributed by atoms with Crippen molar-refractivity contribution in [3.63, 3.8) is 0 Å². The van der Waals surface area contributed by atoms with Gasteiger partial charge < -0.3 is 14.2 Å². The molecule has 1 aliphatic rings. The van der Waals surface area contributed by atoms with Gasteiger partial charge in [-0.05, 0) is 52.4 Å². The molecule has 0 aromatic carbocycles. The first-order chi connectivity index (χ1) is 13.4. The van der Waals surface area contributed by atoms with Crippen LogP contribution in [-0.2, 0) is 33.4 Å². The summed E-state index contributed by atoms with van der Waals surface area (Å²) < 4.78 is 14.8. The second-order valence-electron chi connectivity index (χ2n) is 6.71. The summed E-state index contributed by atoms with van der Waals surface area (Å²) in [6, 6.07) is 0. The van der Waals surface area contributed by atoms with Crippen molar-refractivity contribution in [2.75, 3.05) is 19.8 Å². The fraction of sp³-hybridized carbons (Fsp3) is 0.714. The van der Waals surface area contributed by atoms with Crippen LogP contribution in [0.2, 0.25) is 0 Å². The van der Waals surface area contributed by atoms with Crippen molar-refractivity contribution in [1.82, 2.24) is 0 Å². The van der Waals surface area contributed by atoms with E-state index in [9.17, 15) is 19.2 Å². The lowest BCUT2D eigenvalue weighted by Gasteiger charge is -2.16. The van der Waals surface area contributed by atoms with Crippen molar-refractivity contribution in [3.05, 3.63) is 12.2 Å². The molecule has 0 aromatic rings. The number of rotatable bonds is 12. The Kier molecular flexibility index (Phi) is 11.1. The molecule has 0 N–H and O–H groups in total. The molecule has 1 aliphatic carbocycles. The van der Waals surface area contributed by atoms with Crippen LogP contribution in [0.1, 0.15) is 59.3 Å². The average molecular weight is 396 g/mol. The molecule has 0 radical (unpaired) electrons. The van der Waals surface area contributed by atoms with Gasteiger partial charge >= 0.3 is 17.9 Å². The molecule has 7 heteroatoms. The summed E-state index contributed by atoms with van der Waals surface area (Å²) in [5, 5.41) is 0. The van der Waals surface area contributed by atoms with Crippen molar-refractivity contribution in [2.24, 2.45) is 17.8 Å². The molecule has 158 valence electrons. The smallest absolute Gasteiger partial charge is 0.320 e. The van der Waals surface area contributed by atoms with Crippen LogP contribution < -0.4 is 0 Å². The van der Waals surface area contributed by atoms with Crippen molar-refractivity contribution >= 4 is 23.7 Å². The highest BCUT2D eigenvalue weighted by Crippen LogP contribution is 2.35. The van der Waals surface area contributed by atoms with Crippen molar-refractivity contribution in [1.29, 1.82) is 0 Å². The van der Waals surface area contributed by atoms with Crippen LogP contribution in [0, 0.1) is 17.8 Å². The fourth-order valence-corrected chi connectivity index (χ4v) is 3.43. The van der Waals surface area contributed by atoms with Gasteiger partial charge in [0, 0.05) is 18.8 Å². The van der Waals surface area contributed by atoms with Crippen LogP contribution >= 0.6 is 0 Å². The van der Waals surface area contributed by atoms with E-state index >= 15 is 0 Å². The quantitative estimate of drug-likeness (QED) is 0.216. The first-order valence-corrected chi connectivity index (χ1v) is 10.1. The number of hydrogen-bond donors (Lipinski definition) is 0. The Morgan fingerprint density at radius 2 is 1.61 bits per heavy atom. The van der Waals surface area contributed by atoms with Gasteiger partial charge in [0.05, 0.1) is 19.8 Å². The van der Waals surface area contributed by atoms with E-state index in [2.05, 4.69) is 0 Å². The van der Waals surface area contributed by atoms with Crippen molar-refractivity contribution < 1.29 is 33.4 Å². The fourth-order valence-electron chi connectivity index (χ4n) is 3.43. The third-order valence-corrected chi connectivity index (χ3v) is 4.84. The SMILES string of the molecule is CCOC(=O)CC[C@H]1CCC(=O)[C@@H]1C/C=C/CC(C(=O)OCC)C(=O)OCC. The highest BCUT2D eigenvalue weighted by Gasteiger charge is 2.34. The molecule has 1 saturated carbocycles. The molecule has 0 aliphatic heterocycles. The molecule has 7 nitrogen and oxygen atoms in total. The number of carbonyl (C=O) groups excluding carboxylic acids is 4. The molecule has 1 rings (SSSR count). The van der Waals surface area contributed by atoms with Gasteiger partial charge in [-0.2, -0.15) is 0 Å². The van der Waals surface area contributed by atoms with Gasteiger partial charge in [0.25, 0.3) is 0 Å². The number of carbonyl (C=O) groups is 4. The molecule has 0 saturated heterocycles. The first kappa shape index (κ1) is 23.9. The van der Waals surface area contributed by atoms with Crippen molar-refractivity contribution in [3.8, 4) is 0 Å². The molecule has 2 atom stereocenters. The normalized spacial score (nSPS) is 19.2. The third kappa shape index (κ3) is 7.82. The Balaban J connectivity index is 2.58. The summed E-state index contributed by atoms with van der Waals surface area (Å²) >= 11 is 0. The second-order valence-corrected chi connectivity index (χ2v) is 6.71. The van der Waals surface area contributed by atoms with E-state index in [1.807, 2.05) is 6.08 Å². The van der Waals surface area contributed by atoms with Gasteiger partial charge in [0.15, 0.2) is 5.92 Å². The highest BCUT2D eigenvalue weighted by molar-refractivity contribution is 5.95. The zero-order valence-corrected chi connectivity index (χ0v) is 17.1. The summed E-state index contributed by atoms with van der Waals surface area (Å²) in [5.74, 6) is -2.20. The zero-order chi connectivity index (χ0) is 20.9. The monoisotopic (exact) mass is 396 g/mol. The number of allylic oxidation sites excluding steroid dienone is 2. The molecule has 0 aromatic heterocycles. The summed E-state index contributed by atoms with van der Waals surface area (Å²) in [5.41, 5.74) is 0. The molecule has 0 heterocycles. The van der Waals surface area contributed by atoms with E-state index in [1.54, 1.807) is 26.8 Å². The van der Waals surface area contributed by atoms with Crippen LogP contribution in [0.4, 0.5) is 0 Å². The topological polar surface area (TPSA) is 96.0 Å². The minimum absolute atomic E-state index is 0.130. The standard InChI is InChI=1S/C21H32O7/c1-4-26-19(23)14-12-15-11-13-18(22)16(15)9-7-8-10-17(20(24)27-5-2)21(25)28-6-3/h7-8,15-17H,4-6,9-14H2,1-3H3/b8-7+/t15-,16-/m1/s1. The van der Waals surface area contributed by atoms with Gasteiger partial charge in [-0.25, -0.2) is 0 Å². The van der Waals surface area contributed by atoms with E-state index < -0.39 is 17.9 Å². The van der Waals surface area contributed by atoms with E-state index in [-0.39, 0.29) is 43.2 Å². The van der Waals surface area contributed by atoms with Gasteiger partial charge in [0.1, 0.15) is 5.78 Å². The predicted octanol–water partition coefficient (Wildman–Crippen LogP) is 3.00. The zero-order valence-electron chi connectivity index (χ0n) is 17.1. The van der Waals surface area contributed by atoms with E-state index in [1.165, 1.54) is 0 Å². The number of esters is 3. The molecule has 1 fully saturated rings. The van der Waals surface area contributed by atoms with Crippen molar-refractivity contribution in [2.45, 2.75) is 59.3 Å². The van der Waals surface area contributed by atoms with E-state index in [0.29, 0.717) is 32.3 Å². The minimum Gasteiger partial charge on any atom is -0.466 e. The van der Waals surface area contributed by atoms with E-state index in [0.717, 1.165) is 6.42 Å². The van der Waals surface area contributed by atoms with Crippen LogP contribution in [-0.4, -0.2) is 43.5 Å². The molecule has 0 amide bonds. The number of hydrogen-bond acceptors (Lipinski definition) is 7. The minimum atomic E-state index is -0.991. The lowest BCUT2D eigenvalue weighted by molar-refractivity contribution is -0.161. The molecule has 0 spiro atoms. The largest absolute Gasteiger partial charge is 0.466 e. The summed E-state index contributed by atoms with van der Waals surface area (Å²) in [7, 11) is 0.